The molecule has 0 unspecified atom stereocenters. The van der Waals surface area contributed by atoms with Crippen LogP contribution in [-0.4, -0.2) is 15.5 Å². The highest BCUT2D eigenvalue weighted by Crippen LogP contribution is 2.75. The molecular formula is C17H21N2O3S-. The van der Waals surface area contributed by atoms with Crippen molar-refractivity contribution in [3.8, 4) is 0 Å². The minimum absolute atomic E-state index is 0.112. The van der Waals surface area contributed by atoms with Crippen LogP contribution in [0.1, 0.15) is 40.0 Å². The standard InChI is InChI=1S/C17H21N2O3S/c1-15(2)12-8-9-16(15,3)17(10-12)22-18-14(23-17)11-4-6-13(7-5-11)19(20)21/h4-7,12,18H,8-10H2,1-3H3/q-1/t12-,16-,17+/m0/s1. The van der Waals surface area contributed by atoms with Gasteiger partial charge in [-0.25, -0.2) is 0 Å². The number of thioether (sulfide) groups is 1. The van der Waals surface area contributed by atoms with E-state index in [4.69, 9.17) is 4.84 Å². The average Bonchev–Trinajstić information content (AvgIpc) is 3.08. The maximum atomic E-state index is 10.8. The molecule has 1 saturated heterocycles. The molecule has 2 bridgehead atoms. The van der Waals surface area contributed by atoms with Gasteiger partial charge in [-0.3, -0.25) is 10.3 Å². The molecule has 3 fully saturated rings. The van der Waals surface area contributed by atoms with Crippen LogP contribution < -0.4 is 5.48 Å². The summed E-state index contributed by atoms with van der Waals surface area (Å²) in [5, 5.41) is 22.5. The Morgan fingerprint density at radius 3 is 2.43 bits per heavy atom. The number of allylic oxidation sites excluding steroid dienone is 5. The Morgan fingerprint density at radius 2 is 1.91 bits per heavy atom. The average molecular weight is 333 g/mol. The summed E-state index contributed by atoms with van der Waals surface area (Å²) in [6.07, 6.45) is 10.2. The van der Waals surface area contributed by atoms with Crippen molar-refractivity contribution in [2.45, 2.75) is 45.0 Å². The minimum Gasteiger partial charge on any atom is -0.612 e. The second-order valence-electron chi connectivity index (χ2n) is 7.69. The first-order chi connectivity index (χ1) is 10.8. The third-order valence-electron chi connectivity index (χ3n) is 6.71. The van der Waals surface area contributed by atoms with Gasteiger partial charge in [0.1, 0.15) is 5.03 Å². The number of hydrogen-bond donors (Lipinski definition) is 1. The van der Waals surface area contributed by atoms with E-state index in [1.165, 1.54) is 12.8 Å². The summed E-state index contributed by atoms with van der Waals surface area (Å²) in [5.41, 5.74) is 4.57. The minimum atomic E-state index is -0.374. The van der Waals surface area contributed by atoms with Crippen LogP contribution in [0.4, 0.5) is 0 Å². The van der Waals surface area contributed by atoms with Crippen molar-refractivity contribution in [2.75, 3.05) is 0 Å². The Morgan fingerprint density at radius 1 is 1.22 bits per heavy atom. The van der Waals surface area contributed by atoms with Crippen molar-refractivity contribution in [1.29, 1.82) is 0 Å². The zero-order valence-electron chi connectivity index (χ0n) is 13.6. The monoisotopic (exact) mass is 333 g/mol. The van der Waals surface area contributed by atoms with Crippen molar-refractivity contribution in [2.24, 2.45) is 16.7 Å². The predicted molar refractivity (Wildman–Crippen MR) is 91.1 cm³/mol. The maximum Gasteiger partial charge on any atom is 0.222 e. The SMILES string of the molecule is CC1(C)[C@H]2CC[C@]1(C)[C@]1(C2)ONC(=C2C=CC(=[N+]([O-])[O-])C=C2)S1. The Labute approximate surface area is 140 Å². The zero-order chi connectivity index (χ0) is 16.5. The van der Waals surface area contributed by atoms with E-state index in [0.29, 0.717) is 5.92 Å². The Hall–Kier alpha value is -1.40. The molecule has 0 aromatic heterocycles. The molecule has 4 aliphatic rings. The summed E-state index contributed by atoms with van der Waals surface area (Å²) < 4.78 is 0. The second-order valence-corrected chi connectivity index (χ2v) is 8.96. The number of hydroxylamine groups is 1. The lowest BCUT2D eigenvalue weighted by atomic mass is 9.69. The third kappa shape index (κ3) is 1.82. The molecule has 0 radical (unpaired) electrons. The van der Waals surface area contributed by atoms with Gasteiger partial charge in [-0.15, -0.1) is 0 Å². The summed E-state index contributed by atoms with van der Waals surface area (Å²) in [6, 6.07) is 0. The second kappa shape index (κ2) is 4.57. The fourth-order valence-corrected chi connectivity index (χ4v) is 6.31. The molecule has 1 spiro atoms. The lowest BCUT2D eigenvalue weighted by Crippen LogP contribution is -2.45. The summed E-state index contributed by atoms with van der Waals surface area (Å²) in [7, 11) is 0. The van der Waals surface area contributed by atoms with Crippen molar-refractivity contribution in [3.05, 3.63) is 45.3 Å². The van der Waals surface area contributed by atoms with Crippen molar-refractivity contribution >= 4 is 17.5 Å². The first kappa shape index (κ1) is 15.1. The Balaban J connectivity index is 1.65. The number of nitrogens with one attached hydrogen (secondary N) is 1. The predicted octanol–water partition coefficient (Wildman–Crippen LogP) is 3.58. The molecule has 3 atom stereocenters. The van der Waals surface area contributed by atoms with Gasteiger partial charge in [0.25, 0.3) is 0 Å². The topological polar surface area (TPSA) is 70.4 Å². The smallest absolute Gasteiger partial charge is 0.222 e. The molecule has 0 amide bonds. The Kier molecular flexibility index (Phi) is 3.01. The first-order valence-electron chi connectivity index (χ1n) is 8.04. The molecule has 1 heterocycles. The third-order valence-corrected chi connectivity index (χ3v) is 8.26. The lowest BCUT2D eigenvalue weighted by Gasteiger charge is -2.43. The molecule has 6 heteroatoms. The van der Waals surface area contributed by atoms with E-state index in [1.807, 2.05) is 0 Å². The van der Waals surface area contributed by atoms with Gasteiger partial charge in [-0.05, 0) is 42.7 Å². The lowest BCUT2D eigenvalue weighted by molar-refractivity contribution is -0.377. The van der Waals surface area contributed by atoms with E-state index in [0.717, 1.165) is 17.0 Å². The van der Waals surface area contributed by atoms with E-state index >= 15 is 0 Å². The van der Waals surface area contributed by atoms with Crippen LogP contribution in [0.2, 0.25) is 0 Å². The summed E-state index contributed by atoms with van der Waals surface area (Å²) in [5.74, 6) is 0.693. The largest absolute Gasteiger partial charge is 0.612 e. The zero-order valence-corrected chi connectivity index (χ0v) is 14.4. The molecular weight excluding hydrogens is 312 g/mol. The van der Waals surface area contributed by atoms with Crippen molar-refractivity contribution in [3.63, 3.8) is 0 Å². The molecule has 1 aliphatic heterocycles. The fourth-order valence-electron chi connectivity index (χ4n) is 4.68. The van der Waals surface area contributed by atoms with Gasteiger partial charge in [-0.1, -0.05) is 32.5 Å². The van der Waals surface area contributed by atoms with Gasteiger partial charge in [-0.2, -0.15) is 4.90 Å². The maximum absolute atomic E-state index is 10.8. The van der Waals surface area contributed by atoms with Crippen LogP contribution in [-0.2, 0) is 4.84 Å². The highest BCUT2D eigenvalue weighted by molar-refractivity contribution is 8.04. The molecule has 2 saturated carbocycles. The van der Waals surface area contributed by atoms with Crippen molar-refractivity contribution < 1.29 is 9.74 Å². The fraction of sp³-hybridized carbons (Fsp3) is 0.588. The van der Waals surface area contributed by atoms with Crippen LogP contribution in [0.15, 0.2) is 34.9 Å². The summed E-state index contributed by atoms with van der Waals surface area (Å²) in [6.45, 7) is 7.09. The quantitative estimate of drug-likeness (QED) is 0.542. The molecule has 0 aromatic carbocycles. The van der Waals surface area contributed by atoms with Gasteiger partial charge in [0.2, 0.25) is 5.71 Å². The molecule has 4 rings (SSSR count). The van der Waals surface area contributed by atoms with Crippen LogP contribution in [0.3, 0.4) is 0 Å². The van der Waals surface area contributed by atoms with Gasteiger partial charge in [0.15, 0.2) is 4.93 Å². The molecule has 124 valence electrons. The van der Waals surface area contributed by atoms with E-state index in [9.17, 15) is 10.4 Å². The van der Waals surface area contributed by atoms with Crippen LogP contribution in [0, 0.1) is 27.2 Å². The first-order valence-corrected chi connectivity index (χ1v) is 8.86. The van der Waals surface area contributed by atoms with E-state index in [-0.39, 0.29) is 26.4 Å². The number of fused-ring (bicyclic) bond motifs is 3. The summed E-state index contributed by atoms with van der Waals surface area (Å²) in [4.78, 5) is 5.56. The van der Waals surface area contributed by atoms with Gasteiger partial charge >= 0.3 is 0 Å². The summed E-state index contributed by atoms with van der Waals surface area (Å²) >= 11 is 1.77. The molecule has 23 heavy (non-hydrogen) atoms. The van der Waals surface area contributed by atoms with Crippen LogP contribution in [0.25, 0.3) is 0 Å². The van der Waals surface area contributed by atoms with Crippen LogP contribution in [0.5, 0.6) is 0 Å². The molecule has 0 aromatic rings. The highest BCUT2D eigenvalue weighted by atomic mass is 32.2. The molecule has 3 aliphatic carbocycles. The highest BCUT2D eigenvalue weighted by Gasteiger charge is 2.72. The number of nitrogens with zero attached hydrogens (tertiary/aromatic N) is 1. The van der Waals surface area contributed by atoms with Gasteiger partial charge in [0, 0.05) is 23.1 Å². The van der Waals surface area contributed by atoms with Crippen molar-refractivity contribution in [1.82, 2.24) is 5.48 Å². The normalized spacial score (nSPS) is 40.3. The Bertz CT molecular complexity index is 672. The number of hydrogen-bond acceptors (Lipinski definition) is 5. The molecule has 1 N–H and O–H groups in total. The van der Waals surface area contributed by atoms with Gasteiger partial charge in [0.05, 0.1) is 0 Å². The van der Waals surface area contributed by atoms with Crippen LogP contribution >= 0.6 is 11.8 Å². The van der Waals surface area contributed by atoms with Gasteiger partial charge < -0.3 is 10.4 Å². The van der Waals surface area contributed by atoms with E-state index < -0.39 is 0 Å². The van der Waals surface area contributed by atoms with E-state index in [1.54, 1.807) is 36.1 Å². The number of rotatable bonds is 0. The molecule has 5 nitrogen and oxygen atoms in total. The van der Waals surface area contributed by atoms with E-state index in [2.05, 4.69) is 26.3 Å².